The number of anilines is 1. The highest BCUT2D eigenvalue weighted by atomic mass is 16.4. The van der Waals surface area contributed by atoms with Crippen LogP contribution in [0.2, 0.25) is 0 Å². The summed E-state index contributed by atoms with van der Waals surface area (Å²) in [4.78, 5) is 27.1. The van der Waals surface area contributed by atoms with Crippen molar-refractivity contribution in [3.8, 4) is 0 Å². The molecule has 1 heterocycles. The molecule has 1 aromatic carbocycles. The number of nitrogens with zero attached hydrogens (tertiary/aromatic N) is 2. The predicted octanol–water partition coefficient (Wildman–Crippen LogP) is 1.69. The lowest BCUT2D eigenvalue weighted by Gasteiger charge is -2.20. The van der Waals surface area contributed by atoms with Crippen LogP contribution in [-0.4, -0.2) is 49.1 Å². The van der Waals surface area contributed by atoms with E-state index in [9.17, 15) is 14.7 Å². The molecule has 1 amide bonds. The third-order valence-corrected chi connectivity index (χ3v) is 3.91. The number of aliphatic carboxylic acids is 1. The number of hydrogen-bond acceptors (Lipinski definition) is 3. The van der Waals surface area contributed by atoms with Gasteiger partial charge in [-0.15, -0.1) is 0 Å². The number of amides is 1. The van der Waals surface area contributed by atoms with E-state index in [1.807, 2.05) is 31.1 Å². The second-order valence-corrected chi connectivity index (χ2v) is 5.78. The van der Waals surface area contributed by atoms with Crippen LogP contribution >= 0.6 is 0 Å². The zero-order chi connectivity index (χ0) is 14.9. The van der Waals surface area contributed by atoms with Crippen LogP contribution in [0.5, 0.6) is 0 Å². The van der Waals surface area contributed by atoms with Crippen LogP contribution in [-0.2, 0) is 4.79 Å². The van der Waals surface area contributed by atoms with Gasteiger partial charge in [-0.05, 0) is 37.6 Å². The summed E-state index contributed by atoms with van der Waals surface area (Å²) < 4.78 is 0. The molecule has 1 N–H and O–H groups in total. The van der Waals surface area contributed by atoms with Gasteiger partial charge in [-0.25, -0.2) is 0 Å². The minimum Gasteiger partial charge on any atom is -0.481 e. The number of carboxylic acids is 1. The van der Waals surface area contributed by atoms with E-state index in [1.54, 1.807) is 24.0 Å². The second-order valence-electron chi connectivity index (χ2n) is 5.78. The fourth-order valence-electron chi connectivity index (χ4n) is 2.39. The van der Waals surface area contributed by atoms with E-state index in [2.05, 4.69) is 0 Å². The predicted molar refractivity (Wildman–Crippen MR) is 77.0 cm³/mol. The molecule has 0 saturated carbocycles. The zero-order valence-electron chi connectivity index (χ0n) is 12.1. The molecule has 1 saturated heterocycles. The van der Waals surface area contributed by atoms with E-state index in [1.165, 1.54) is 0 Å². The molecule has 5 nitrogen and oxygen atoms in total. The van der Waals surface area contributed by atoms with E-state index in [-0.39, 0.29) is 12.5 Å². The Kier molecular flexibility index (Phi) is 3.70. The molecule has 1 aliphatic heterocycles. The molecular formula is C15H20N2O3. The number of carbonyl (C=O) groups excluding carboxylic acids is 1. The van der Waals surface area contributed by atoms with Crippen molar-refractivity contribution in [3.63, 3.8) is 0 Å². The van der Waals surface area contributed by atoms with Gasteiger partial charge in [0.05, 0.1) is 5.41 Å². The molecule has 0 radical (unpaired) electrons. The summed E-state index contributed by atoms with van der Waals surface area (Å²) in [7, 11) is 3.88. The molecule has 1 aliphatic rings. The standard InChI is InChI=1S/C15H20N2O3/c1-15(14(19)20)8-9-17(10-15)13(18)11-4-6-12(7-5-11)16(2)3/h4-7H,8-10H2,1-3H3,(H,19,20). The molecule has 0 aromatic heterocycles. The van der Waals surface area contributed by atoms with Crippen molar-refractivity contribution in [2.24, 2.45) is 5.41 Å². The zero-order valence-corrected chi connectivity index (χ0v) is 12.1. The van der Waals surface area contributed by atoms with Gasteiger partial charge in [-0.3, -0.25) is 9.59 Å². The van der Waals surface area contributed by atoms with Crippen molar-refractivity contribution in [1.82, 2.24) is 4.90 Å². The third-order valence-electron chi connectivity index (χ3n) is 3.91. The van der Waals surface area contributed by atoms with E-state index < -0.39 is 11.4 Å². The highest BCUT2D eigenvalue weighted by Gasteiger charge is 2.42. The summed E-state index contributed by atoms with van der Waals surface area (Å²) in [5.74, 6) is -0.934. The first-order chi connectivity index (χ1) is 9.33. The third kappa shape index (κ3) is 2.61. The van der Waals surface area contributed by atoms with Crippen LogP contribution in [0.4, 0.5) is 5.69 Å². The molecule has 1 fully saturated rings. The quantitative estimate of drug-likeness (QED) is 0.912. The summed E-state index contributed by atoms with van der Waals surface area (Å²) in [6.45, 7) is 2.46. The molecular weight excluding hydrogens is 256 g/mol. The number of benzene rings is 1. The van der Waals surface area contributed by atoms with Crippen molar-refractivity contribution in [3.05, 3.63) is 29.8 Å². The molecule has 1 aromatic rings. The van der Waals surface area contributed by atoms with E-state index in [4.69, 9.17) is 0 Å². The molecule has 0 aliphatic carbocycles. The average Bonchev–Trinajstić information content (AvgIpc) is 2.82. The smallest absolute Gasteiger partial charge is 0.311 e. The Labute approximate surface area is 118 Å². The highest BCUT2D eigenvalue weighted by molar-refractivity contribution is 5.95. The molecule has 0 spiro atoms. The van der Waals surface area contributed by atoms with Crippen molar-refractivity contribution < 1.29 is 14.7 Å². The van der Waals surface area contributed by atoms with Gasteiger partial charge < -0.3 is 14.9 Å². The van der Waals surface area contributed by atoms with Gasteiger partial charge in [0.1, 0.15) is 0 Å². The van der Waals surface area contributed by atoms with Crippen molar-refractivity contribution in [2.45, 2.75) is 13.3 Å². The number of rotatable bonds is 3. The number of likely N-dealkylation sites (tertiary alicyclic amines) is 1. The largest absolute Gasteiger partial charge is 0.481 e. The first-order valence-electron chi connectivity index (χ1n) is 6.63. The normalized spacial score (nSPS) is 21.9. The van der Waals surface area contributed by atoms with Gasteiger partial charge in [-0.2, -0.15) is 0 Å². The number of carboxylic acid groups (broad SMARTS) is 1. The van der Waals surface area contributed by atoms with Crippen LogP contribution in [0, 0.1) is 5.41 Å². The fourth-order valence-corrected chi connectivity index (χ4v) is 2.39. The minimum absolute atomic E-state index is 0.0970. The van der Waals surface area contributed by atoms with Crippen LogP contribution in [0.1, 0.15) is 23.7 Å². The number of hydrogen-bond donors (Lipinski definition) is 1. The van der Waals surface area contributed by atoms with Gasteiger partial charge >= 0.3 is 5.97 Å². The lowest BCUT2D eigenvalue weighted by molar-refractivity contribution is -0.147. The summed E-state index contributed by atoms with van der Waals surface area (Å²) in [6.07, 6.45) is 0.504. The Balaban J connectivity index is 2.11. The van der Waals surface area contributed by atoms with Crippen LogP contribution in [0.3, 0.4) is 0 Å². The molecule has 5 heteroatoms. The van der Waals surface area contributed by atoms with Gasteiger partial charge in [0.25, 0.3) is 5.91 Å². The maximum Gasteiger partial charge on any atom is 0.311 e. The monoisotopic (exact) mass is 276 g/mol. The first kappa shape index (κ1) is 14.4. The topological polar surface area (TPSA) is 60.9 Å². The van der Waals surface area contributed by atoms with E-state index in [0.717, 1.165) is 5.69 Å². The summed E-state index contributed by atoms with van der Waals surface area (Å²) >= 11 is 0. The van der Waals surface area contributed by atoms with Gasteiger partial charge in [0, 0.05) is 38.4 Å². The second kappa shape index (κ2) is 5.15. The number of carbonyl (C=O) groups is 2. The van der Waals surface area contributed by atoms with Gasteiger partial charge in [0.15, 0.2) is 0 Å². The molecule has 1 unspecified atom stereocenters. The maximum atomic E-state index is 12.4. The SMILES string of the molecule is CN(C)c1ccc(C(=O)N2CCC(C)(C(=O)O)C2)cc1. The highest BCUT2D eigenvalue weighted by Crippen LogP contribution is 2.31. The van der Waals surface area contributed by atoms with E-state index in [0.29, 0.717) is 18.5 Å². The molecule has 2 rings (SSSR count). The van der Waals surface area contributed by atoms with Crippen molar-refractivity contribution in [2.75, 3.05) is 32.1 Å². The lowest BCUT2D eigenvalue weighted by atomic mass is 9.90. The van der Waals surface area contributed by atoms with Crippen molar-refractivity contribution >= 4 is 17.6 Å². The minimum atomic E-state index is -0.837. The molecule has 20 heavy (non-hydrogen) atoms. The first-order valence-corrected chi connectivity index (χ1v) is 6.63. The van der Waals surface area contributed by atoms with Gasteiger partial charge in [0.2, 0.25) is 0 Å². The fraction of sp³-hybridized carbons (Fsp3) is 0.467. The van der Waals surface area contributed by atoms with Gasteiger partial charge in [-0.1, -0.05) is 0 Å². The Bertz CT molecular complexity index is 524. The Morgan fingerprint density at radius 2 is 1.85 bits per heavy atom. The molecule has 1 atom stereocenters. The van der Waals surface area contributed by atoms with Crippen LogP contribution in [0.15, 0.2) is 24.3 Å². The summed E-state index contributed by atoms with van der Waals surface area (Å²) in [6, 6.07) is 7.35. The molecule has 108 valence electrons. The van der Waals surface area contributed by atoms with E-state index >= 15 is 0 Å². The van der Waals surface area contributed by atoms with Crippen LogP contribution in [0.25, 0.3) is 0 Å². The van der Waals surface area contributed by atoms with Crippen molar-refractivity contribution in [1.29, 1.82) is 0 Å². The Hall–Kier alpha value is -2.04. The Morgan fingerprint density at radius 1 is 1.25 bits per heavy atom. The molecule has 0 bridgehead atoms. The van der Waals surface area contributed by atoms with Crippen LogP contribution < -0.4 is 4.90 Å². The average molecular weight is 276 g/mol. The maximum absolute atomic E-state index is 12.4. The summed E-state index contributed by atoms with van der Waals surface area (Å²) in [5.41, 5.74) is 0.808. The Morgan fingerprint density at radius 3 is 2.30 bits per heavy atom. The summed E-state index contributed by atoms with van der Waals surface area (Å²) in [5, 5.41) is 9.20. The lowest BCUT2D eigenvalue weighted by Crippen LogP contribution is -2.34.